The molecule has 0 atom stereocenters. The summed E-state index contributed by atoms with van der Waals surface area (Å²) < 4.78 is 0. The average Bonchev–Trinajstić information content (AvgIpc) is 2.82. The molecular weight excluding hydrogens is 260 g/mol. The summed E-state index contributed by atoms with van der Waals surface area (Å²) in [5.74, 6) is -0.282. The normalized spacial score (nSPS) is 10.2. The van der Waals surface area contributed by atoms with Gasteiger partial charge in [-0.1, -0.05) is 11.6 Å². The van der Waals surface area contributed by atoms with Gasteiger partial charge in [0.15, 0.2) is 0 Å². The number of nitrogens with zero attached hydrogens (tertiary/aromatic N) is 3. The van der Waals surface area contributed by atoms with E-state index in [2.05, 4.69) is 20.3 Å². The Kier molecular flexibility index (Phi) is 4.00. The van der Waals surface area contributed by atoms with Crippen molar-refractivity contribution in [3.63, 3.8) is 0 Å². The van der Waals surface area contributed by atoms with Crippen molar-refractivity contribution < 1.29 is 4.79 Å². The van der Waals surface area contributed by atoms with Gasteiger partial charge in [-0.2, -0.15) is 0 Å². The molecule has 0 spiro atoms. The minimum atomic E-state index is -0.282. The highest BCUT2D eigenvalue weighted by atomic mass is 35.5. The number of aromatic nitrogens is 3. The first-order chi connectivity index (χ1) is 8.25. The average molecular weight is 269 g/mol. The monoisotopic (exact) mass is 268 g/mol. The molecule has 2 aromatic heterocycles. The second kappa shape index (κ2) is 5.70. The molecule has 0 aliphatic carbocycles. The molecule has 0 saturated heterocycles. The molecule has 1 amide bonds. The Bertz CT molecular complexity index is 503. The Balaban J connectivity index is 1.85. The third kappa shape index (κ3) is 3.47. The van der Waals surface area contributed by atoms with Crippen LogP contribution in [0.4, 0.5) is 0 Å². The molecule has 0 radical (unpaired) electrons. The lowest BCUT2D eigenvalue weighted by molar-refractivity contribution is 0.0948. The van der Waals surface area contributed by atoms with Crippen LogP contribution in [0.25, 0.3) is 0 Å². The van der Waals surface area contributed by atoms with Gasteiger partial charge in [0.05, 0.1) is 23.6 Å². The molecule has 0 aliphatic rings. The van der Waals surface area contributed by atoms with Gasteiger partial charge in [0.25, 0.3) is 5.91 Å². The minimum Gasteiger partial charge on any atom is -0.350 e. The summed E-state index contributed by atoms with van der Waals surface area (Å²) in [6, 6.07) is 0. The number of carbonyl (C=O) groups is 1. The summed E-state index contributed by atoms with van der Waals surface area (Å²) in [7, 11) is 0. The van der Waals surface area contributed by atoms with Crippen molar-refractivity contribution in [2.45, 2.75) is 6.42 Å². The fraction of sp³-hybridized carbons (Fsp3) is 0.200. The molecular formula is C10H9ClN4OS. The topological polar surface area (TPSA) is 67.8 Å². The van der Waals surface area contributed by atoms with Gasteiger partial charge in [-0.05, 0) is 0 Å². The molecule has 0 bridgehead atoms. The van der Waals surface area contributed by atoms with Crippen LogP contribution in [-0.2, 0) is 6.42 Å². The lowest BCUT2D eigenvalue weighted by Crippen LogP contribution is -2.26. The van der Waals surface area contributed by atoms with E-state index in [-0.39, 0.29) is 16.8 Å². The molecule has 0 saturated carbocycles. The standard InChI is InChI=1S/C10H9ClN4OS/c11-9-4-12-3-8(15-9)10(16)13-2-1-7-5-17-6-14-7/h3-6H,1-2H2,(H,13,16). The molecule has 0 unspecified atom stereocenters. The Morgan fingerprint density at radius 2 is 2.35 bits per heavy atom. The van der Waals surface area contributed by atoms with Crippen LogP contribution in [-0.4, -0.2) is 27.4 Å². The number of carbonyl (C=O) groups excluding carboxylic acids is 1. The van der Waals surface area contributed by atoms with E-state index < -0.39 is 0 Å². The van der Waals surface area contributed by atoms with E-state index in [9.17, 15) is 4.79 Å². The first-order valence-electron chi connectivity index (χ1n) is 4.88. The van der Waals surface area contributed by atoms with Crippen molar-refractivity contribution in [1.29, 1.82) is 0 Å². The largest absolute Gasteiger partial charge is 0.350 e. The van der Waals surface area contributed by atoms with Gasteiger partial charge in [0, 0.05) is 18.3 Å². The molecule has 0 aliphatic heterocycles. The molecule has 88 valence electrons. The van der Waals surface area contributed by atoms with Crippen LogP contribution in [0, 0.1) is 0 Å². The van der Waals surface area contributed by atoms with Crippen molar-refractivity contribution in [3.05, 3.63) is 39.8 Å². The summed E-state index contributed by atoms with van der Waals surface area (Å²) in [6.45, 7) is 0.511. The molecule has 7 heteroatoms. The highest BCUT2D eigenvalue weighted by Crippen LogP contribution is 2.03. The predicted octanol–water partition coefficient (Wildman–Crippen LogP) is 1.56. The van der Waals surface area contributed by atoms with Crippen molar-refractivity contribution >= 4 is 28.8 Å². The number of amides is 1. The molecule has 5 nitrogen and oxygen atoms in total. The molecule has 2 aromatic rings. The number of thiazole rings is 1. The zero-order valence-corrected chi connectivity index (χ0v) is 10.3. The smallest absolute Gasteiger partial charge is 0.271 e. The third-order valence-electron chi connectivity index (χ3n) is 1.99. The fourth-order valence-corrected chi connectivity index (χ4v) is 1.95. The van der Waals surface area contributed by atoms with E-state index in [1.165, 1.54) is 23.7 Å². The molecule has 17 heavy (non-hydrogen) atoms. The van der Waals surface area contributed by atoms with Gasteiger partial charge in [0.1, 0.15) is 10.8 Å². The van der Waals surface area contributed by atoms with Crippen LogP contribution in [0.5, 0.6) is 0 Å². The maximum atomic E-state index is 11.6. The Morgan fingerprint density at radius 1 is 1.47 bits per heavy atom. The Morgan fingerprint density at radius 3 is 3.06 bits per heavy atom. The SMILES string of the molecule is O=C(NCCc1cscn1)c1cncc(Cl)n1. The van der Waals surface area contributed by atoms with Crippen molar-refractivity contribution in [3.8, 4) is 0 Å². The molecule has 0 fully saturated rings. The lowest BCUT2D eigenvalue weighted by atomic mass is 10.3. The predicted molar refractivity (Wildman–Crippen MR) is 65.2 cm³/mol. The van der Waals surface area contributed by atoms with Gasteiger partial charge >= 0.3 is 0 Å². The molecule has 0 aromatic carbocycles. The van der Waals surface area contributed by atoms with E-state index in [0.29, 0.717) is 13.0 Å². The van der Waals surface area contributed by atoms with Gasteiger partial charge in [-0.25, -0.2) is 9.97 Å². The second-order valence-corrected chi connectivity index (χ2v) is 4.32. The van der Waals surface area contributed by atoms with E-state index in [1.54, 1.807) is 5.51 Å². The zero-order valence-electron chi connectivity index (χ0n) is 8.76. The quantitative estimate of drug-likeness (QED) is 0.914. The van der Waals surface area contributed by atoms with E-state index in [4.69, 9.17) is 11.6 Å². The Hall–Kier alpha value is -1.53. The van der Waals surface area contributed by atoms with Crippen LogP contribution in [0.15, 0.2) is 23.3 Å². The first-order valence-corrected chi connectivity index (χ1v) is 6.20. The summed E-state index contributed by atoms with van der Waals surface area (Å²) in [6.07, 6.45) is 3.46. The minimum absolute atomic E-state index is 0.206. The molecule has 2 rings (SSSR count). The van der Waals surface area contributed by atoms with E-state index >= 15 is 0 Å². The summed E-state index contributed by atoms with van der Waals surface area (Å²) >= 11 is 7.18. The number of nitrogens with one attached hydrogen (secondary N) is 1. The van der Waals surface area contributed by atoms with Gasteiger partial charge in [-0.15, -0.1) is 11.3 Å². The Labute approximate surface area is 107 Å². The van der Waals surface area contributed by atoms with Crippen LogP contribution < -0.4 is 5.32 Å². The molecule has 1 N–H and O–H groups in total. The van der Waals surface area contributed by atoms with Crippen LogP contribution in [0.3, 0.4) is 0 Å². The van der Waals surface area contributed by atoms with Gasteiger partial charge in [-0.3, -0.25) is 9.78 Å². The van der Waals surface area contributed by atoms with Crippen LogP contribution in [0.1, 0.15) is 16.2 Å². The molecule has 2 heterocycles. The van der Waals surface area contributed by atoms with Gasteiger partial charge < -0.3 is 5.32 Å². The number of halogens is 1. The summed E-state index contributed by atoms with van der Waals surface area (Å²) in [4.78, 5) is 23.4. The number of hydrogen-bond donors (Lipinski definition) is 1. The van der Waals surface area contributed by atoms with Crippen molar-refractivity contribution in [2.75, 3.05) is 6.54 Å². The summed E-state index contributed by atoms with van der Waals surface area (Å²) in [5, 5.41) is 4.88. The number of hydrogen-bond acceptors (Lipinski definition) is 5. The lowest BCUT2D eigenvalue weighted by Gasteiger charge is -2.02. The van der Waals surface area contributed by atoms with E-state index in [1.807, 2.05) is 5.38 Å². The van der Waals surface area contributed by atoms with Crippen LogP contribution >= 0.6 is 22.9 Å². The van der Waals surface area contributed by atoms with Crippen molar-refractivity contribution in [1.82, 2.24) is 20.3 Å². The third-order valence-corrected chi connectivity index (χ3v) is 2.81. The van der Waals surface area contributed by atoms with E-state index in [0.717, 1.165) is 5.69 Å². The van der Waals surface area contributed by atoms with Crippen molar-refractivity contribution in [2.24, 2.45) is 0 Å². The van der Waals surface area contributed by atoms with Gasteiger partial charge in [0.2, 0.25) is 0 Å². The number of rotatable bonds is 4. The zero-order chi connectivity index (χ0) is 12.1. The first kappa shape index (κ1) is 11.9. The highest BCUT2D eigenvalue weighted by molar-refractivity contribution is 7.07. The fourth-order valence-electron chi connectivity index (χ4n) is 1.21. The summed E-state index contributed by atoms with van der Waals surface area (Å²) in [5.41, 5.74) is 2.95. The second-order valence-electron chi connectivity index (χ2n) is 3.21. The maximum absolute atomic E-state index is 11.6. The highest BCUT2D eigenvalue weighted by Gasteiger charge is 2.07. The van der Waals surface area contributed by atoms with Crippen LogP contribution in [0.2, 0.25) is 5.15 Å². The maximum Gasteiger partial charge on any atom is 0.271 e.